The Labute approximate surface area is 114 Å². The van der Waals surface area contributed by atoms with E-state index in [9.17, 15) is 0 Å². The molecule has 0 saturated heterocycles. The van der Waals surface area contributed by atoms with Crippen molar-refractivity contribution < 1.29 is 0 Å². The summed E-state index contributed by atoms with van der Waals surface area (Å²) in [6.45, 7) is 3.00. The van der Waals surface area contributed by atoms with Crippen LogP contribution in [0.15, 0.2) is 33.4 Å². The largest absolute Gasteiger partial charge is 0.399 e. The molecule has 0 aliphatic rings. The summed E-state index contributed by atoms with van der Waals surface area (Å²) in [6.07, 6.45) is 0. The molecule has 0 bridgehead atoms. The molecule has 0 atom stereocenters. The van der Waals surface area contributed by atoms with Crippen LogP contribution in [-0.2, 0) is 6.54 Å². The van der Waals surface area contributed by atoms with Gasteiger partial charge < -0.3 is 10.6 Å². The highest BCUT2D eigenvalue weighted by Gasteiger charge is 2.06. The number of nitrogens with two attached hydrogens (primary N) is 1. The van der Waals surface area contributed by atoms with Crippen LogP contribution < -0.4 is 10.6 Å². The summed E-state index contributed by atoms with van der Waals surface area (Å²) >= 11 is 5.20. The van der Waals surface area contributed by atoms with Crippen LogP contribution in [0.3, 0.4) is 0 Å². The Balaban J connectivity index is 2.17. The maximum Gasteiger partial charge on any atom is 0.0701 e. The fourth-order valence-corrected chi connectivity index (χ4v) is 3.10. The average molecular weight is 311 g/mol. The van der Waals surface area contributed by atoms with Gasteiger partial charge in [-0.25, -0.2) is 0 Å². The highest BCUT2D eigenvalue weighted by Crippen LogP contribution is 2.25. The predicted octanol–water partition coefficient (Wildman–Crippen LogP) is 4.04. The standard InChI is InChI=1S/C13H15BrN2S/c1-9-5-11(15)3-4-12(9)16(2)7-10-6-13(14)17-8-10/h3-6,8H,7,15H2,1-2H3. The maximum absolute atomic E-state index is 5.76. The maximum atomic E-state index is 5.76. The third kappa shape index (κ3) is 3.01. The molecule has 0 unspecified atom stereocenters. The number of rotatable bonds is 3. The highest BCUT2D eigenvalue weighted by atomic mass is 79.9. The van der Waals surface area contributed by atoms with Gasteiger partial charge in [0.1, 0.15) is 0 Å². The van der Waals surface area contributed by atoms with Crippen molar-refractivity contribution in [1.82, 2.24) is 0 Å². The van der Waals surface area contributed by atoms with Crippen LogP contribution >= 0.6 is 27.3 Å². The third-order valence-electron chi connectivity index (χ3n) is 2.67. The Hall–Kier alpha value is -1.00. The first-order chi connectivity index (χ1) is 8.06. The minimum Gasteiger partial charge on any atom is -0.399 e. The lowest BCUT2D eigenvalue weighted by Crippen LogP contribution is -2.17. The van der Waals surface area contributed by atoms with E-state index in [4.69, 9.17) is 5.73 Å². The number of anilines is 2. The van der Waals surface area contributed by atoms with Crippen molar-refractivity contribution in [3.05, 3.63) is 44.6 Å². The molecular weight excluding hydrogens is 296 g/mol. The molecular formula is C13H15BrN2S. The number of nitrogen functional groups attached to an aromatic ring is 1. The molecule has 17 heavy (non-hydrogen) atoms. The first kappa shape index (κ1) is 12.5. The SMILES string of the molecule is Cc1cc(N)ccc1N(C)Cc1csc(Br)c1. The molecule has 1 aromatic carbocycles. The van der Waals surface area contributed by atoms with Crippen LogP contribution in [0.5, 0.6) is 0 Å². The normalized spacial score (nSPS) is 10.5. The van der Waals surface area contributed by atoms with Crippen molar-refractivity contribution in [3.8, 4) is 0 Å². The number of aryl methyl sites for hydroxylation is 1. The number of thiophene rings is 1. The zero-order chi connectivity index (χ0) is 12.4. The molecule has 2 nitrogen and oxygen atoms in total. The zero-order valence-electron chi connectivity index (χ0n) is 9.90. The van der Waals surface area contributed by atoms with Gasteiger partial charge in [0.25, 0.3) is 0 Å². The van der Waals surface area contributed by atoms with Crippen molar-refractivity contribution >= 4 is 38.6 Å². The molecule has 90 valence electrons. The molecule has 1 heterocycles. The topological polar surface area (TPSA) is 29.3 Å². The lowest BCUT2D eigenvalue weighted by molar-refractivity contribution is 0.922. The number of benzene rings is 1. The summed E-state index contributed by atoms with van der Waals surface area (Å²) in [5.41, 5.74) is 10.3. The van der Waals surface area contributed by atoms with E-state index < -0.39 is 0 Å². The molecule has 0 saturated carbocycles. The lowest BCUT2D eigenvalue weighted by atomic mass is 10.1. The number of hydrogen-bond acceptors (Lipinski definition) is 3. The first-order valence-corrected chi connectivity index (χ1v) is 7.03. The summed E-state index contributed by atoms with van der Waals surface area (Å²) in [5.74, 6) is 0. The number of halogens is 1. The second kappa shape index (κ2) is 5.10. The number of nitrogens with zero attached hydrogens (tertiary/aromatic N) is 1. The summed E-state index contributed by atoms with van der Waals surface area (Å²) in [7, 11) is 2.10. The van der Waals surface area contributed by atoms with Crippen LogP contribution in [0.1, 0.15) is 11.1 Å². The zero-order valence-corrected chi connectivity index (χ0v) is 12.3. The number of hydrogen-bond donors (Lipinski definition) is 1. The van der Waals surface area contributed by atoms with E-state index in [0.717, 1.165) is 12.2 Å². The van der Waals surface area contributed by atoms with Crippen LogP contribution in [-0.4, -0.2) is 7.05 Å². The van der Waals surface area contributed by atoms with Crippen molar-refractivity contribution in [2.24, 2.45) is 0 Å². The molecule has 1 aromatic heterocycles. The second-order valence-corrected chi connectivity index (χ2v) is 6.45. The first-order valence-electron chi connectivity index (χ1n) is 5.36. The second-order valence-electron chi connectivity index (χ2n) is 4.16. The van der Waals surface area contributed by atoms with E-state index >= 15 is 0 Å². The van der Waals surface area contributed by atoms with E-state index in [0.29, 0.717) is 0 Å². The van der Waals surface area contributed by atoms with Crippen molar-refractivity contribution in [3.63, 3.8) is 0 Å². The Morgan fingerprint density at radius 1 is 1.35 bits per heavy atom. The molecule has 2 aromatic rings. The van der Waals surface area contributed by atoms with E-state index in [1.807, 2.05) is 12.1 Å². The van der Waals surface area contributed by atoms with E-state index in [1.54, 1.807) is 11.3 Å². The summed E-state index contributed by atoms with van der Waals surface area (Å²) in [4.78, 5) is 2.24. The van der Waals surface area contributed by atoms with Gasteiger partial charge in [-0.05, 0) is 63.6 Å². The minimum absolute atomic E-state index is 0.818. The van der Waals surface area contributed by atoms with E-state index in [1.165, 1.54) is 20.6 Å². The summed E-state index contributed by atoms with van der Waals surface area (Å²) < 4.78 is 1.18. The van der Waals surface area contributed by atoms with Crippen molar-refractivity contribution in [2.75, 3.05) is 17.7 Å². The predicted molar refractivity (Wildman–Crippen MR) is 79.7 cm³/mol. The van der Waals surface area contributed by atoms with Gasteiger partial charge in [0.05, 0.1) is 3.79 Å². The van der Waals surface area contributed by atoms with Gasteiger partial charge in [-0.15, -0.1) is 11.3 Å². The molecule has 2 rings (SSSR count). The van der Waals surface area contributed by atoms with E-state index in [-0.39, 0.29) is 0 Å². The van der Waals surface area contributed by atoms with Gasteiger partial charge in [0, 0.05) is 25.0 Å². The molecule has 4 heteroatoms. The Morgan fingerprint density at radius 3 is 2.71 bits per heavy atom. The van der Waals surface area contributed by atoms with Gasteiger partial charge in [-0.3, -0.25) is 0 Å². The average Bonchev–Trinajstić information content (AvgIpc) is 2.63. The Morgan fingerprint density at radius 2 is 2.12 bits per heavy atom. The fourth-order valence-electron chi connectivity index (χ4n) is 1.89. The smallest absolute Gasteiger partial charge is 0.0701 e. The minimum atomic E-state index is 0.818. The molecule has 0 amide bonds. The highest BCUT2D eigenvalue weighted by molar-refractivity contribution is 9.11. The van der Waals surface area contributed by atoms with Gasteiger partial charge in [0.15, 0.2) is 0 Å². The molecule has 0 fully saturated rings. The molecule has 0 radical (unpaired) electrons. The third-order valence-corrected chi connectivity index (χ3v) is 4.23. The van der Waals surface area contributed by atoms with E-state index in [2.05, 4.69) is 52.3 Å². The van der Waals surface area contributed by atoms with Gasteiger partial charge in [-0.2, -0.15) is 0 Å². The van der Waals surface area contributed by atoms with Crippen LogP contribution in [0, 0.1) is 6.92 Å². The van der Waals surface area contributed by atoms with Crippen molar-refractivity contribution in [1.29, 1.82) is 0 Å². The molecule has 0 spiro atoms. The molecule has 0 aliphatic carbocycles. The molecule has 2 N–H and O–H groups in total. The lowest BCUT2D eigenvalue weighted by Gasteiger charge is -2.21. The summed E-state index contributed by atoms with van der Waals surface area (Å²) in [5, 5.41) is 2.17. The monoisotopic (exact) mass is 310 g/mol. The van der Waals surface area contributed by atoms with Crippen LogP contribution in [0.4, 0.5) is 11.4 Å². The van der Waals surface area contributed by atoms with Crippen LogP contribution in [0.25, 0.3) is 0 Å². The Bertz CT molecular complexity index is 522. The quantitative estimate of drug-likeness (QED) is 0.867. The van der Waals surface area contributed by atoms with Crippen molar-refractivity contribution in [2.45, 2.75) is 13.5 Å². The van der Waals surface area contributed by atoms with Gasteiger partial charge in [0.2, 0.25) is 0 Å². The van der Waals surface area contributed by atoms with Crippen LogP contribution in [0.2, 0.25) is 0 Å². The Kier molecular flexibility index (Phi) is 3.74. The summed E-state index contributed by atoms with van der Waals surface area (Å²) in [6, 6.07) is 8.19. The van der Waals surface area contributed by atoms with Gasteiger partial charge >= 0.3 is 0 Å². The molecule has 0 aliphatic heterocycles. The fraction of sp³-hybridized carbons (Fsp3) is 0.231. The van der Waals surface area contributed by atoms with Gasteiger partial charge in [-0.1, -0.05) is 0 Å².